The van der Waals surface area contributed by atoms with Crippen LogP contribution in [0, 0.1) is 0 Å². The van der Waals surface area contributed by atoms with Gasteiger partial charge in [0, 0.05) is 24.8 Å². The number of nitrogens with zero attached hydrogens (tertiary/aromatic N) is 1. The van der Waals surface area contributed by atoms with Crippen molar-refractivity contribution in [2.75, 3.05) is 25.6 Å². The summed E-state index contributed by atoms with van der Waals surface area (Å²) < 4.78 is 0. The monoisotopic (exact) mass is 220 g/mol. The van der Waals surface area contributed by atoms with Crippen molar-refractivity contribution >= 4 is 29.0 Å². The van der Waals surface area contributed by atoms with E-state index in [1.54, 1.807) is 0 Å². The maximum absolute atomic E-state index is 5.53. The van der Waals surface area contributed by atoms with Crippen LogP contribution in [0.5, 0.6) is 0 Å². The number of thiocarbonyl (C=S) groups is 1. The number of rotatable bonds is 7. The second kappa shape index (κ2) is 7.59. The van der Waals surface area contributed by atoms with E-state index in [1.165, 1.54) is 5.75 Å². The van der Waals surface area contributed by atoms with E-state index in [9.17, 15) is 0 Å². The van der Waals surface area contributed by atoms with Gasteiger partial charge in [-0.25, -0.2) is 0 Å². The van der Waals surface area contributed by atoms with Crippen molar-refractivity contribution in [1.29, 1.82) is 0 Å². The Labute approximate surface area is 91.2 Å². The fourth-order valence-corrected chi connectivity index (χ4v) is 1.92. The third-order valence-electron chi connectivity index (χ3n) is 2.18. The number of nitrogens with two attached hydrogens (primary N) is 1. The lowest BCUT2D eigenvalue weighted by Gasteiger charge is -2.26. The highest BCUT2D eigenvalue weighted by molar-refractivity contribution is 7.98. The first-order chi connectivity index (χ1) is 6.11. The molecule has 0 radical (unpaired) electrons. The van der Waals surface area contributed by atoms with E-state index in [1.807, 2.05) is 11.8 Å². The van der Waals surface area contributed by atoms with Crippen LogP contribution in [-0.2, 0) is 0 Å². The summed E-state index contributed by atoms with van der Waals surface area (Å²) >= 11 is 6.79. The van der Waals surface area contributed by atoms with Crippen molar-refractivity contribution in [2.24, 2.45) is 5.73 Å². The van der Waals surface area contributed by atoms with Crippen LogP contribution in [-0.4, -0.2) is 41.5 Å². The highest BCUT2D eigenvalue weighted by Gasteiger charge is 2.12. The summed E-state index contributed by atoms with van der Waals surface area (Å²) in [6.07, 6.45) is 4.08. The molecule has 0 aliphatic heterocycles. The van der Waals surface area contributed by atoms with Gasteiger partial charge in [-0.05, 0) is 19.7 Å². The minimum Gasteiger partial charge on any atom is -0.393 e. The summed E-state index contributed by atoms with van der Waals surface area (Å²) in [7, 11) is 2.14. The first-order valence-electron chi connectivity index (χ1n) is 4.59. The van der Waals surface area contributed by atoms with E-state index in [0.29, 0.717) is 11.0 Å². The fourth-order valence-electron chi connectivity index (χ4n) is 1.26. The molecule has 0 spiro atoms. The zero-order valence-electron chi connectivity index (χ0n) is 8.75. The molecular formula is C9H20N2S2. The topological polar surface area (TPSA) is 29.3 Å². The Hall–Kier alpha value is 0.200. The Balaban J connectivity index is 3.84. The molecule has 0 aromatic heterocycles. The zero-order valence-corrected chi connectivity index (χ0v) is 10.4. The lowest BCUT2D eigenvalue weighted by Crippen LogP contribution is -2.35. The first-order valence-corrected chi connectivity index (χ1v) is 6.39. The third-order valence-corrected chi connectivity index (χ3v) is 2.94. The normalized spacial score (nSPS) is 13.2. The van der Waals surface area contributed by atoms with Crippen LogP contribution < -0.4 is 5.73 Å². The van der Waals surface area contributed by atoms with E-state index in [4.69, 9.17) is 18.0 Å². The molecule has 0 aromatic rings. The first kappa shape index (κ1) is 13.2. The van der Waals surface area contributed by atoms with Crippen LogP contribution in [0.3, 0.4) is 0 Å². The lowest BCUT2D eigenvalue weighted by atomic mass is 10.1. The number of thioether (sulfide) groups is 1. The van der Waals surface area contributed by atoms with Gasteiger partial charge in [0.2, 0.25) is 0 Å². The molecule has 13 heavy (non-hydrogen) atoms. The molecule has 0 fully saturated rings. The molecule has 0 aliphatic rings. The van der Waals surface area contributed by atoms with Crippen LogP contribution in [0.4, 0.5) is 0 Å². The Morgan fingerprint density at radius 2 is 2.23 bits per heavy atom. The van der Waals surface area contributed by atoms with Gasteiger partial charge in [-0.3, -0.25) is 0 Å². The summed E-state index contributed by atoms with van der Waals surface area (Å²) in [5.41, 5.74) is 5.53. The van der Waals surface area contributed by atoms with E-state index < -0.39 is 0 Å². The fraction of sp³-hybridized carbons (Fsp3) is 0.889. The molecule has 4 heteroatoms. The second-order valence-corrected chi connectivity index (χ2v) is 4.72. The van der Waals surface area contributed by atoms with Crippen molar-refractivity contribution in [3.8, 4) is 0 Å². The second-order valence-electron chi connectivity index (χ2n) is 3.21. The standard InChI is InChI=1S/C9H20N2S2/c1-4-8(7-9(10)12)11(2)5-6-13-3/h8H,4-7H2,1-3H3,(H2,10,12). The molecule has 0 rings (SSSR count). The molecule has 0 heterocycles. The minimum atomic E-state index is 0.518. The molecule has 2 nitrogen and oxygen atoms in total. The molecule has 0 aromatic carbocycles. The van der Waals surface area contributed by atoms with E-state index in [2.05, 4.69) is 25.1 Å². The summed E-state index contributed by atoms with van der Waals surface area (Å²) in [5.74, 6) is 1.17. The molecule has 78 valence electrons. The third kappa shape index (κ3) is 6.29. The van der Waals surface area contributed by atoms with Crippen molar-refractivity contribution in [3.05, 3.63) is 0 Å². The molecule has 0 saturated heterocycles. The van der Waals surface area contributed by atoms with Crippen molar-refractivity contribution in [1.82, 2.24) is 4.90 Å². The Kier molecular flexibility index (Phi) is 7.71. The summed E-state index contributed by atoms with van der Waals surface area (Å²) in [6.45, 7) is 3.29. The van der Waals surface area contributed by atoms with Crippen molar-refractivity contribution in [3.63, 3.8) is 0 Å². The smallest absolute Gasteiger partial charge is 0.0743 e. The largest absolute Gasteiger partial charge is 0.393 e. The van der Waals surface area contributed by atoms with Gasteiger partial charge in [-0.2, -0.15) is 11.8 Å². The van der Waals surface area contributed by atoms with E-state index in [-0.39, 0.29) is 0 Å². The predicted octanol–water partition coefficient (Wildman–Crippen LogP) is 1.74. The summed E-state index contributed by atoms with van der Waals surface area (Å²) in [4.78, 5) is 2.97. The minimum absolute atomic E-state index is 0.518. The van der Waals surface area contributed by atoms with Gasteiger partial charge in [0.25, 0.3) is 0 Å². The molecule has 0 bridgehead atoms. The Morgan fingerprint density at radius 1 is 1.62 bits per heavy atom. The number of hydrogen-bond acceptors (Lipinski definition) is 3. The van der Waals surface area contributed by atoms with Gasteiger partial charge in [0.05, 0.1) is 4.99 Å². The van der Waals surface area contributed by atoms with Gasteiger partial charge in [-0.15, -0.1) is 0 Å². The maximum Gasteiger partial charge on any atom is 0.0743 e. The van der Waals surface area contributed by atoms with Gasteiger partial charge >= 0.3 is 0 Å². The molecular weight excluding hydrogens is 200 g/mol. The van der Waals surface area contributed by atoms with Crippen LogP contribution >= 0.6 is 24.0 Å². The lowest BCUT2D eigenvalue weighted by molar-refractivity contribution is 0.256. The quantitative estimate of drug-likeness (QED) is 0.662. The molecule has 2 N–H and O–H groups in total. The molecule has 0 saturated carbocycles. The maximum atomic E-state index is 5.53. The van der Waals surface area contributed by atoms with Gasteiger partial charge in [-0.1, -0.05) is 19.1 Å². The highest BCUT2D eigenvalue weighted by atomic mass is 32.2. The average molecular weight is 220 g/mol. The van der Waals surface area contributed by atoms with Crippen LogP contribution in [0.2, 0.25) is 0 Å². The predicted molar refractivity (Wildman–Crippen MR) is 66.5 cm³/mol. The molecule has 0 amide bonds. The summed E-state index contributed by atoms with van der Waals surface area (Å²) in [6, 6.07) is 0.518. The summed E-state index contributed by atoms with van der Waals surface area (Å²) in [5, 5.41) is 0. The van der Waals surface area contributed by atoms with Crippen molar-refractivity contribution < 1.29 is 0 Å². The molecule has 1 unspecified atom stereocenters. The molecule has 1 atom stereocenters. The van der Waals surface area contributed by atoms with Crippen LogP contribution in [0.1, 0.15) is 19.8 Å². The Morgan fingerprint density at radius 3 is 2.62 bits per heavy atom. The Bertz CT molecular complexity index is 151. The van der Waals surface area contributed by atoms with Gasteiger partial charge in [0.15, 0.2) is 0 Å². The van der Waals surface area contributed by atoms with E-state index >= 15 is 0 Å². The average Bonchev–Trinajstić information content (AvgIpc) is 2.09. The molecule has 0 aliphatic carbocycles. The van der Waals surface area contributed by atoms with E-state index in [0.717, 1.165) is 19.4 Å². The van der Waals surface area contributed by atoms with Gasteiger partial charge in [0.1, 0.15) is 0 Å². The van der Waals surface area contributed by atoms with Crippen LogP contribution in [0.15, 0.2) is 0 Å². The SMILES string of the molecule is CCC(CC(N)=S)N(C)CCSC. The number of hydrogen-bond donors (Lipinski definition) is 1. The van der Waals surface area contributed by atoms with Crippen molar-refractivity contribution in [2.45, 2.75) is 25.8 Å². The van der Waals surface area contributed by atoms with Crippen LogP contribution in [0.25, 0.3) is 0 Å². The zero-order chi connectivity index (χ0) is 10.3. The van der Waals surface area contributed by atoms with Gasteiger partial charge < -0.3 is 10.6 Å². The highest BCUT2D eigenvalue weighted by Crippen LogP contribution is 2.07.